The minimum absolute atomic E-state index is 0.118. The van der Waals surface area contributed by atoms with E-state index in [1.165, 1.54) is 0 Å². The molecule has 1 amide bonds. The Morgan fingerprint density at radius 1 is 1.38 bits per heavy atom. The van der Waals surface area contributed by atoms with Crippen LogP contribution in [0.4, 0.5) is 4.79 Å². The first kappa shape index (κ1) is 19.3. The maximum Gasteiger partial charge on any atom is 0.408 e. The number of nitrogens with one attached hydrogen (secondary N) is 1. The molecule has 5 N–H and O–H groups in total. The van der Waals surface area contributed by atoms with Crippen molar-refractivity contribution >= 4 is 11.9 Å². The largest absolute Gasteiger partial charge is 0.490 e. The molecule has 1 atom stereocenters. The van der Waals surface area contributed by atoms with E-state index < -0.39 is 17.7 Å². The van der Waals surface area contributed by atoms with Gasteiger partial charge in [-0.2, -0.15) is 5.10 Å². The van der Waals surface area contributed by atoms with Gasteiger partial charge in [0, 0.05) is 6.42 Å². The molecular weight excluding hydrogens is 308 g/mol. The highest BCUT2D eigenvalue weighted by Gasteiger charge is 2.22. The van der Waals surface area contributed by atoms with Crippen LogP contribution in [0.15, 0.2) is 42.0 Å². The van der Waals surface area contributed by atoms with Crippen molar-refractivity contribution < 1.29 is 14.3 Å². The SMILES string of the molecule is C=CCOc1ccc(CC(NC(=O)OC(C)(C)C)/C(N)=N/N)cc1. The number of hydrogen-bond donors (Lipinski definition) is 3. The highest BCUT2D eigenvalue weighted by atomic mass is 16.6. The second-order valence-electron chi connectivity index (χ2n) is 6.20. The van der Waals surface area contributed by atoms with E-state index in [0.717, 1.165) is 11.3 Å². The van der Waals surface area contributed by atoms with E-state index in [1.807, 2.05) is 24.3 Å². The van der Waals surface area contributed by atoms with Crippen LogP contribution in [-0.4, -0.2) is 30.2 Å². The number of hydrogen-bond acceptors (Lipinski definition) is 5. The number of rotatable bonds is 7. The summed E-state index contributed by atoms with van der Waals surface area (Å²) in [5.41, 5.74) is 6.13. The van der Waals surface area contributed by atoms with Crippen LogP contribution in [0.1, 0.15) is 26.3 Å². The van der Waals surface area contributed by atoms with Gasteiger partial charge in [-0.05, 0) is 38.5 Å². The van der Waals surface area contributed by atoms with Crippen LogP contribution in [0.3, 0.4) is 0 Å². The Labute approximate surface area is 142 Å². The molecule has 0 saturated heterocycles. The first-order valence-corrected chi connectivity index (χ1v) is 7.60. The van der Waals surface area contributed by atoms with Crippen LogP contribution in [0.2, 0.25) is 0 Å². The Kier molecular flexibility index (Phi) is 7.10. The Morgan fingerprint density at radius 2 is 2.00 bits per heavy atom. The Hall–Kier alpha value is -2.70. The summed E-state index contributed by atoms with van der Waals surface area (Å²) in [6, 6.07) is 6.86. The highest BCUT2D eigenvalue weighted by Crippen LogP contribution is 2.14. The number of ether oxygens (including phenoxy) is 2. The monoisotopic (exact) mass is 334 g/mol. The van der Waals surface area contributed by atoms with Gasteiger partial charge in [-0.3, -0.25) is 0 Å². The molecule has 0 radical (unpaired) electrons. The topological polar surface area (TPSA) is 112 Å². The molecule has 132 valence electrons. The number of carbonyl (C=O) groups excluding carboxylic acids is 1. The lowest BCUT2D eigenvalue weighted by Crippen LogP contribution is -2.48. The van der Waals surface area contributed by atoms with Crippen molar-refractivity contribution in [3.63, 3.8) is 0 Å². The fourth-order valence-electron chi connectivity index (χ4n) is 1.88. The van der Waals surface area contributed by atoms with Crippen LogP contribution in [0, 0.1) is 0 Å². The number of nitrogens with zero attached hydrogens (tertiary/aromatic N) is 1. The minimum Gasteiger partial charge on any atom is -0.490 e. The molecule has 1 aromatic rings. The number of benzene rings is 1. The van der Waals surface area contributed by atoms with Gasteiger partial charge in [0.25, 0.3) is 0 Å². The van der Waals surface area contributed by atoms with Crippen LogP contribution in [0.5, 0.6) is 5.75 Å². The lowest BCUT2D eigenvalue weighted by molar-refractivity contribution is 0.0517. The quantitative estimate of drug-likeness (QED) is 0.232. The molecule has 1 unspecified atom stereocenters. The van der Waals surface area contributed by atoms with Crippen molar-refractivity contribution in [2.75, 3.05) is 6.61 Å². The number of nitrogens with two attached hydrogens (primary N) is 2. The van der Waals surface area contributed by atoms with Gasteiger partial charge in [-0.25, -0.2) is 4.79 Å². The van der Waals surface area contributed by atoms with E-state index in [9.17, 15) is 4.79 Å². The normalized spacial score (nSPS) is 13.0. The minimum atomic E-state index is -0.604. The second kappa shape index (κ2) is 8.81. The summed E-state index contributed by atoms with van der Waals surface area (Å²) in [5.74, 6) is 6.10. The van der Waals surface area contributed by atoms with Crippen LogP contribution >= 0.6 is 0 Å². The zero-order valence-electron chi connectivity index (χ0n) is 14.4. The number of hydrazone groups is 1. The molecule has 0 aliphatic carbocycles. The molecule has 0 aromatic heterocycles. The van der Waals surface area contributed by atoms with Crippen molar-refractivity contribution in [1.82, 2.24) is 5.32 Å². The van der Waals surface area contributed by atoms with E-state index >= 15 is 0 Å². The number of amides is 1. The molecule has 0 saturated carbocycles. The van der Waals surface area contributed by atoms with Crippen molar-refractivity contribution in [3.05, 3.63) is 42.5 Å². The van der Waals surface area contributed by atoms with E-state index in [2.05, 4.69) is 17.0 Å². The Bertz CT molecular complexity index is 576. The third-order valence-corrected chi connectivity index (χ3v) is 2.93. The van der Waals surface area contributed by atoms with Gasteiger partial charge in [0.1, 0.15) is 23.8 Å². The molecular formula is C17H26N4O3. The van der Waals surface area contributed by atoms with Crippen LogP contribution in [-0.2, 0) is 11.2 Å². The maximum absolute atomic E-state index is 11.9. The zero-order chi connectivity index (χ0) is 18.2. The van der Waals surface area contributed by atoms with Gasteiger partial charge >= 0.3 is 6.09 Å². The fourth-order valence-corrected chi connectivity index (χ4v) is 1.88. The molecule has 1 aromatic carbocycles. The van der Waals surface area contributed by atoms with Crippen LogP contribution < -0.4 is 21.6 Å². The van der Waals surface area contributed by atoms with Gasteiger partial charge in [0.2, 0.25) is 0 Å². The molecule has 0 bridgehead atoms. The van der Waals surface area contributed by atoms with Gasteiger partial charge in [-0.1, -0.05) is 24.8 Å². The smallest absolute Gasteiger partial charge is 0.408 e. The number of alkyl carbamates (subject to hydrolysis) is 1. The molecule has 24 heavy (non-hydrogen) atoms. The number of amidine groups is 1. The summed E-state index contributed by atoms with van der Waals surface area (Å²) in [5, 5.41) is 6.16. The third kappa shape index (κ3) is 7.04. The molecule has 0 heterocycles. The molecule has 7 nitrogen and oxygen atoms in total. The molecule has 0 aliphatic heterocycles. The van der Waals surface area contributed by atoms with E-state index in [4.69, 9.17) is 21.1 Å². The van der Waals surface area contributed by atoms with Gasteiger partial charge in [0.15, 0.2) is 0 Å². The summed E-state index contributed by atoms with van der Waals surface area (Å²) < 4.78 is 10.7. The Balaban J connectivity index is 2.76. The Morgan fingerprint density at radius 3 is 2.50 bits per heavy atom. The molecule has 0 fully saturated rings. The molecule has 1 rings (SSSR count). The highest BCUT2D eigenvalue weighted by molar-refractivity contribution is 5.89. The van der Waals surface area contributed by atoms with Gasteiger partial charge < -0.3 is 26.4 Å². The van der Waals surface area contributed by atoms with E-state index in [1.54, 1.807) is 26.8 Å². The summed E-state index contributed by atoms with van der Waals surface area (Å²) in [7, 11) is 0. The van der Waals surface area contributed by atoms with Crippen molar-refractivity contribution in [2.45, 2.75) is 38.8 Å². The van der Waals surface area contributed by atoms with Crippen molar-refractivity contribution in [1.29, 1.82) is 0 Å². The maximum atomic E-state index is 11.9. The van der Waals surface area contributed by atoms with Gasteiger partial charge in [-0.15, -0.1) is 0 Å². The van der Waals surface area contributed by atoms with Gasteiger partial charge in [0.05, 0.1) is 6.04 Å². The predicted molar refractivity (Wildman–Crippen MR) is 94.8 cm³/mol. The summed E-state index contributed by atoms with van der Waals surface area (Å²) in [6.45, 7) is 9.38. The predicted octanol–water partition coefficient (Wildman–Crippen LogP) is 1.92. The lowest BCUT2D eigenvalue weighted by atomic mass is 10.1. The molecule has 0 aliphatic rings. The van der Waals surface area contributed by atoms with Crippen LogP contribution in [0.25, 0.3) is 0 Å². The van der Waals surface area contributed by atoms with E-state index in [0.29, 0.717) is 13.0 Å². The first-order chi connectivity index (χ1) is 11.2. The zero-order valence-corrected chi connectivity index (χ0v) is 14.4. The standard InChI is InChI=1S/C17H26N4O3/c1-5-10-23-13-8-6-12(7-9-13)11-14(15(18)21-19)20-16(22)24-17(2,3)4/h5-9,14H,1,10-11,19H2,2-4H3,(H2,18,21)(H,20,22). The molecule has 0 spiro atoms. The third-order valence-electron chi connectivity index (χ3n) is 2.93. The molecule has 7 heteroatoms. The number of carbonyl (C=O) groups is 1. The average Bonchev–Trinajstić information content (AvgIpc) is 2.51. The van der Waals surface area contributed by atoms with E-state index in [-0.39, 0.29) is 5.84 Å². The van der Waals surface area contributed by atoms with Crippen molar-refractivity contribution in [2.24, 2.45) is 16.7 Å². The summed E-state index contributed by atoms with van der Waals surface area (Å²) in [6.07, 6.45) is 1.52. The first-order valence-electron chi connectivity index (χ1n) is 7.60. The summed E-state index contributed by atoms with van der Waals surface area (Å²) in [4.78, 5) is 11.9. The average molecular weight is 334 g/mol. The summed E-state index contributed by atoms with van der Waals surface area (Å²) >= 11 is 0. The fraction of sp³-hybridized carbons (Fsp3) is 0.412. The second-order valence-corrected chi connectivity index (χ2v) is 6.20. The lowest BCUT2D eigenvalue weighted by Gasteiger charge is -2.23. The van der Waals surface area contributed by atoms with Crippen molar-refractivity contribution in [3.8, 4) is 5.75 Å².